The highest BCUT2D eigenvalue weighted by Gasteiger charge is 2.27. The topological polar surface area (TPSA) is 47.3 Å². The van der Waals surface area contributed by atoms with Gasteiger partial charge < -0.3 is 4.90 Å². The highest BCUT2D eigenvalue weighted by molar-refractivity contribution is 5.75. The van der Waals surface area contributed by atoms with Crippen LogP contribution < -0.4 is 0 Å². The van der Waals surface area contributed by atoms with Gasteiger partial charge in [-0.15, -0.1) is 0 Å². The maximum Gasteiger partial charge on any atom is 0.222 e. The van der Waals surface area contributed by atoms with Crippen molar-refractivity contribution in [3.63, 3.8) is 0 Å². The van der Waals surface area contributed by atoms with Gasteiger partial charge in [-0.3, -0.25) is 9.69 Å². The molecule has 1 aliphatic heterocycles. The fourth-order valence-corrected chi connectivity index (χ4v) is 2.69. The van der Waals surface area contributed by atoms with Crippen LogP contribution >= 0.6 is 0 Å². The van der Waals surface area contributed by atoms with E-state index in [1.54, 1.807) is 0 Å². The van der Waals surface area contributed by atoms with Crippen molar-refractivity contribution in [2.24, 2.45) is 0 Å². The first-order valence-corrected chi connectivity index (χ1v) is 7.14. The van der Waals surface area contributed by atoms with Gasteiger partial charge >= 0.3 is 0 Å². The van der Waals surface area contributed by atoms with Gasteiger partial charge in [0.2, 0.25) is 5.91 Å². The molecular weight excluding hydrogens is 250 g/mol. The Morgan fingerprint density at radius 3 is 2.50 bits per heavy atom. The van der Waals surface area contributed by atoms with Gasteiger partial charge in [-0.1, -0.05) is 31.2 Å². The molecule has 1 fully saturated rings. The van der Waals surface area contributed by atoms with Crippen molar-refractivity contribution in [1.29, 1.82) is 5.26 Å². The average molecular weight is 271 g/mol. The lowest BCUT2D eigenvalue weighted by molar-refractivity contribution is -0.132. The summed E-state index contributed by atoms with van der Waals surface area (Å²) in [5.41, 5.74) is 2.22. The number of piperazine rings is 1. The fourth-order valence-electron chi connectivity index (χ4n) is 2.69. The number of nitriles is 1. The van der Waals surface area contributed by atoms with Gasteiger partial charge in [0.25, 0.3) is 0 Å². The maximum atomic E-state index is 11.7. The molecule has 106 valence electrons. The molecule has 0 N–H and O–H groups in total. The van der Waals surface area contributed by atoms with E-state index in [2.05, 4.69) is 11.0 Å². The Morgan fingerprint density at radius 1 is 1.30 bits per heavy atom. The largest absolute Gasteiger partial charge is 0.340 e. The van der Waals surface area contributed by atoms with Crippen LogP contribution in [0.1, 0.15) is 30.5 Å². The van der Waals surface area contributed by atoms with Gasteiger partial charge in [0, 0.05) is 32.6 Å². The lowest BCUT2D eigenvalue weighted by atomic mass is 10.0. The highest BCUT2D eigenvalue weighted by Crippen LogP contribution is 2.24. The highest BCUT2D eigenvalue weighted by atomic mass is 16.2. The van der Waals surface area contributed by atoms with E-state index in [1.807, 2.05) is 43.0 Å². The summed E-state index contributed by atoms with van der Waals surface area (Å²) < 4.78 is 0. The van der Waals surface area contributed by atoms with Crippen molar-refractivity contribution in [2.75, 3.05) is 26.2 Å². The molecule has 0 aliphatic carbocycles. The van der Waals surface area contributed by atoms with E-state index in [-0.39, 0.29) is 11.9 Å². The van der Waals surface area contributed by atoms with E-state index in [0.717, 1.165) is 37.3 Å². The second-order valence-corrected chi connectivity index (χ2v) is 5.16. The molecule has 1 unspecified atom stereocenters. The Morgan fingerprint density at radius 2 is 1.95 bits per heavy atom. The summed E-state index contributed by atoms with van der Waals surface area (Å²) in [5.74, 6) is 0.203. The van der Waals surface area contributed by atoms with E-state index >= 15 is 0 Å². The van der Waals surface area contributed by atoms with Crippen molar-refractivity contribution >= 4 is 5.91 Å². The lowest BCUT2D eigenvalue weighted by Crippen LogP contribution is -2.49. The van der Waals surface area contributed by atoms with Gasteiger partial charge in [-0.05, 0) is 18.1 Å². The summed E-state index contributed by atoms with van der Waals surface area (Å²) in [6.45, 7) is 6.89. The molecule has 0 aromatic heterocycles. The fraction of sp³-hybridized carbons (Fsp3) is 0.500. The summed E-state index contributed by atoms with van der Waals surface area (Å²) in [4.78, 5) is 15.7. The van der Waals surface area contributed by atoms with Crippen molar-refractivity contribution in [1.82, 2.24) is 9.80 Å². The van der Waals surface area contributed by atoms with E-state index < -0.39 is 0 Å². The number of hydrogen-bond acceptors (Lipinski definition) is 3. The minimum Gasteiger partial charge on any atom is -0.340 e. The molecular formula is C16H21N3O. The second kappa shape index (κ2) is 6.53. The van der Waals surface area contributed by atoms with Crippen LogP contribution in [-0.2, 0) is 4.79 Å². The Kier molecular flexibility index (Phi) is 4.75. The molecule has 0 radical (unpaired) electrons. The molecule has 2 rings (SSSR count). The molecule has 1 aliphatic rings. The van der Waals surface area contributed by atoms with Crippen molar-refractivity contribution in [3.05, 3.63) is 35.4 Å². The lowest BCUT2D eigenvalue weighted by Gasteiger charge is -2.37. The van der Waals surface area contributed by atoms with Gasteiger partial charge in [-0.2, -0.15) is 5.26 Å². The van der Waals surface area contributed by atoms with Gasteiger partial charge in [0.1, 0.15) is 6.04 Å². The summed E-state index contributed by atoms with van der Waals surface area (Å²) in [6.07, 6.45) is 0.555. The summed E-state index contributed by atoms with van der Waals surface area (Å²) in [7, 11) is 0. The van der Waals surface area contributed by atoms with Crippen LogP contribution in [0.15, 0.2) is 24.3 Å². The smallest absolute Gasteiger partial charge is 0.222 e. The molecule has 20 heavy (non-hydrogen) atoms. The first-order chi connectivity index (χ1) is 9.67. The Labute approximate surface area is 120 Å². The number of amides is 1. The third-order valence-corrected chi connectivity index (χ3v) is 3.94. The van der Waals surface area contributed by atoms with Crippen LogP contribution in [0.5, 0.6) is 0 Å². The van der Waals surface area contributed by atoms with Crippen LogP contribution in [0.2, 0.25) is 0 Å². The molecule has 1 saturated heterocycles. The van der Waals surface area contributed by atoms with E-state index in [1.165, 1.54) is 0 Å². The van der Waals surface area contributed by atoms with Crippen LogP contribution in [0, 0.1) is 18.3 Å². The van der Waals surface area contributed by atoms with Gasteiger partial charge in [-0.25, -0.2) is 0 Å². The number of nitrogens with zero attached hydrogens (tertiary/aromatic N) is 3. The second-order valence-electron chi connectivity index (χ2n) is 5.16. The summed E-state index contributed by atoms with van der Waals surface area (Å²) >= 11 is 0. The number of hydrogen-bond donors (Lipinski definition) is 0. The molecule has 1 aromatic rings. The molecule has 1 heterocycles. The van der Waals surface area contributed by atoms with Crippen LogP contribution in [0.25, 0.3) is 0 Å². The molecule has 1 atom stereocenters. The minimum atomic E-state index is -0.213. The van der Waals surface area contributed by atoms with Crippen molar-refractivity contribution < 1.29 is 4.79 Å². The molecule has 0 spiro atoms. The first-order valence-electron chi connectivity index (χ1n) is 7.14. The zero-order chi connectivity index (χ0) is 14.5. The number of benzene rings is 1. The Hall–Kier alpha value is -1.86. The normalized spacial score (nSPS) is 17.6. The van der Waals surface area contributed by atoms with Crippen LogP contribution in [-0.4, -0.2) is 41.9 Å². The average Bonchev–Trinajstić information content (AvgIpc) is 2.50. The van der Waals surface area contributed by atoms with Gasteiger partial charge in [0.15, 0.2) is 0 Å². The monoisotopic (exact) mass is 271 g/mol. The quantitative estimate of drug-likeness (QED) is 0.846. The summed E-state index contributed by atoms with van der Waals surface area (Å²) in [6, 6.07) is 10.2. The van der Waals surface area contributed by atoms with Gasteiger partial charge in [0.05, 0.1) is 6.07 Å². The summed E-state index contributed by atoms with van der Waals surface area (Å²) in [5, 5.41) is 9.51. The SMILES string of the molecule is CCC(=O)N1CCN(C(C#N)c2ccccc2C)CC1. The minimum absolute atomic E-state index is 0.203. The van der Waals surface area contributed by atoms with E-state index in [4.69, 9.17) is 0 Å². The molecule has 1 aromatic carbocycles. The number of carbonyl (C=O) groups excluding carboxylic acids is 1. The molecule has 0 saturated carbocycles. The van der Waals surface area contributed by atoms with E-state index in [9.17, 15) is 10.1 Å². The molecule has 4 nitrogen and oxygen atoms in total. The van der Waals surface area contributed by atoms with E-state index in [0.29, 0.717) is 6.42 Å². The predicted octanol–water partition coefficient (Wildman–Crippen LogP) is 2.11. The predicted molar refractivity (Wildman–Crippen MR) is 78.0 cm³/mol. The third-order valence-electron chi connectivity index (χ3n) is 3.94. The number of rotatable bonds is 3. The van der Waals surface area contributed by atoms with Crippen molar-refractivity contribution in [3.8, 4) is 6.07 Å². The van der Waals surface area contributed by atoms with Crippen molar-refractivity contribution in [2.45, 2.75) is 26.3 Å². The Balaban J connectivity index is 2.07. The van der Waals surface area contributed by atoms with Crippen LogP contribution in [0.3, 0.4) is 0 Å². The molecule has 4 heteroatoms. The standard InChI is InChI=1S/C16H21N3O/c1-3-16(20)19-10-8-18(9-11-19)15(12-17)14-7-5-4-6-13(14)2/h4-7,15H,3,8-11H2,1-2H3. The molecule has 0 bridgehead atoms. The zero-order valence-electron chi connectivity index (χ0n) is 12.2. The first kappa shape index (κ1) is 14.5. The third kappa shape index (κ3) is 3.00. The van der Waals surface area contributed by atoms with Crippen LogP contribution in [0.4, 0.5) is 0 Å². The number of carbonyl (C=O) groups is 1. The Bertz CT molecular complexity index is 513. The molecule has 1 amide bonds. The maximum absolute atomic E-state index is 11.7. The zero-order valence-corrected chi connectivity index (χ0v) is 12.2. The number of aryl methyl sites for hydroxylation is 1.